The number of esters is 1. The van der Waals surface area contributed by atoms with E-state index < -0.39 is 23.6 Å². The van der Waals surface area contributed by atoms with Crippen LogP contribution in [0.15, 0.2) is 39.5 Å². The quantitative estimate of drug-likeness (QED) is 0.460. The normalized spacial score (nSPS) is 18.4. The van der Waals surface area contributed by atoms with Gasteiger partial charge in [0, 0.05) is 5.56 Å². The van der Waals surface area contributed by atoms with Crippen molar-refractivity contribution in [1.29, 1.82) is 0 Å². The van der Waals surface area contributed by atoms with Gasteiger partial charge < -0.3 is 32.8 Å². The van der Waals surface area contributed by atoms with Crippen LogP contribution in [0, 0.1) is 0 Å². The molecule has 2 aromatic carbocycles. The maximum Gasteiger partial charge on any atom is 0.348 e. The predicted molar refractivity (Wildman–Crippen MR) is 106 cm³/mol. The van der Waals surface area contributed by atoms with Crippen molar-refractivity contribution in [3.63, 3.8) is 0 Å². The van der Waals surface area contributed by atoms with E-state index in [1.54, 1.807) is 30.3 Å². The average molecular weight is 426 g/mol. The molecule has 0 spiro atoms. The molecule has 9 nitrogen and oxygen atoms in total. The summed E-state index contributed by atoms with van der Waals surface area (Å²) in [6.45, 7) is -0.0174. The number of hydrogen-bond donors (Lipinski definition) is 0. The molecule has 2 aliphatic heterocycles. The molecular weight excluding hydrogens is 408 g/mol. The first-order chi connectivity index (χ1) is 15.1. The van der Waals surface area contributed by atoms with Gasteiger partial charge in [0.05, 0.1) is 38.2 Å². The molecule has 0 N–H and O–H groups in total. The fourth-order valence-corrected chi connectivity index (χ4v) is 4.12. The first kappa shape index (κ1) is 19.1. The lowest BCUT2D eigenvalue weighted by Crippen LogP contribution is -2.32. The van der Waals surface area contributed by atoms with Crippen LogP contribution in [0.2, 0.25) is 0 Å². The van der Waals surface area contributed by atoms with Crippen LogP contribution in [-0.4, -0.2) is 40.2 Å². The smallest absolute Gasteiger partial charge is 0.348 e. The molecule has 3 heterocycles. The van der Waals surface area contributed by atoms with Gasteiger partial charge >= 0.3 is 11.6 Å². The molecule has 0 radical (unpaired) electrons. The van der Waals surface area contributed by atoms with Gasteiger partial charge in [-0.25, -0.2) is 9.59 Å². The Bertz CT molecular complexity index is 1260. The van der Waals surface area contributed by atoms with Gasteiger partial charge in [0.25, 0.3) is 0 Å². The minimum absolute atomic E-state index is 0.0174. The zero-order chi connectivity index (χ0) is 21.7. The maximum atomic E-state index is 13.0. The number of hydrogen-bond acceptors (Lipinski definition) is 9. The van der Waals surface area contributed by atoms with E-state index in [9.17, 15) is 9.59 Å². The van der Waals surface area contributed by atoms with Crippen LogP contribution in [-0.2, 0) is 9.53 Å². The Kier molecular flexibility index (Phi) is 4.39. The third kappa shape index (κ3) is 2.69. The van der Waals surface area contributed by atoms with E-state index in [0.29, 0.717) is 39.5 Å². The van der Waals surface area contributed by atoms with Gasteiger partial charge in [-0.3, -0.25) is 0 Å². The summed E-state index contributed by atoms with van der Waals surface area (Å²) in [5, 5.41) is 0.570. The van der Waals surface area contributed by atoms with Crippen LogP contribution in [0.25, 0.3) is 11.0 Å². The summed E-state index contributed by atoms with van der Waals surface area (Å²) >= 11 is 0. The highest BCUT2D eigenvalue weighted by Gasteiger charge is 2.47. The van der Waals surface area contributed by atoms with Crippen LogP contribution in [0.5, 0.6) is 28.7 Å². The molecule has 0 saturated carbocycles. The van der Waals surface area contributed by atoms with Crippen LogP contribution in [0.3, 0.4) is 0 Å². The predicted octanol–water partition coefficient (Wildman–Crippen LogP) is 2.60. The molecule has 0 amide bonds. The number of fused-ring (bicyclic) bond motifs is 4. The number of benzene rings is 2. The van der Waals surface area contributed by atoms with Gasteiger partial charge in [-0.2, -0.15) is 0 Å². The van der Waals surface area contributed by atoms with Gasteiger partial charge in [0.15, 0.2) is 11.5 Å². The summed E-state index contributed by atoms with van der Waals surface area (Å²) in [5.74, 6) is 0.0965. The van der Waals surface area contributed by atoms with Gasteiger partial charge in [-0.15, -0.1) is 0 Å². The fraction of sp³-hybridized carbons (Fsp3) is 0.273. The molecular formula is C22H18O9. The molecule has 0 unspecified atom stereocenters. The average Bonchev–Trinajstić information content (AvgIpc) is 3.43. The summed E-state index contributed by atoms with van der Waals surface area (Å²) in [7, 11) is 4.19. The number of carbonyl (C=O) groups is 1. The lowest BCUT2D eigenvalue weighted by atomic mass is 9.87. The topological polar surface area (TPSA) is 103 Å². The van der Waals surface area contributed by atoms with Crippen molar-refractivity contribution in [2.45, 2.75) is 12.0 Å². The Hall–Kier alpha value is -3.88. The number of rotatable bonds is 4. The molecule has 9 heteroatoms. The number of ether oxygens (including phenoxy) is 6. The van der Waals surface area contributed by atoms with Crippen molar-refractivity contribution in [3.8, 4) is 28.7 Å². The second-order valence-electron chi connectivity index (χ2n) is 6.93. The number of methoxy groups -OCH3 is 3. The van der Waals surface area contributed by atoms with Gasteiger partial charge in [-0.1, -0.05) is 12.1 Å². The first-order valence-electron chi connectivity index (χ1n) is 9.43. The molecule has 3 aromatic rings. The molecule has 0 bridgehead atoms. The first-order valence-corrected chi connectivity index (χ1v) is 9.43. The summed E-state index contributed by atoms with van der Waals surface area (Å²) in [4.78, 5) is 25.7. The molecule has 160 valence electrons. The Morgan fingerprint density at radius 3 is 2.55 bits per heavy atom. The van der Waals surface area contributed by atoms with Crippen LogP contribution >= 0.6 is 0 Å². The largest absolute Gasteiger partial charge is 0.493 e. The Morgan fingerprint density at radius 2 is 1.81 bits per heavy atom. The molecule has 2 aliphatic rings. The van der Waals surface area contributed by atoms with E-state index in [-0.39, 0.29) is 18.1 Å². The van der Waals surface area contributed by atoms with Crippen molar-refractivity contribution in [2.75, 3.05) is 28.1 Å². The highest BCUT2D eigenvalue weighted by Crippen LogP contribution is 2.55. The summed E-state index contributed by atoms with van der Waals surface area (Å²) in [5.41, 5.74) is 0.364. The molecule has 5 rings (SSSR count). The van der Waals surface area contributed by atoms with Crippen LogP contribution in [0.4, 0.5) is 0 Å². The lowest BCUT2D eigenvalue weighted by molar-refractivity contribution is -0.148. The number of carbonyl (C=O) groups excluding carboxylic acids is 1. The van der Waals surface area contributed by atoms with Crippen LogP contribution in [0.1, 0.15) is 17.0 Å². The zero-order valence-electron chi connectivity index (χ0n) is 16.9. The van der Waals surface area contributed by atoms with Crippen molar-refractivity contribution in [3.05, 3.63) is 51.9 Å². The lowest BCUT2D eigenvalue weighted by Gasteiger charge is -2.21. The van der Waals surface area contributed by atoms with E-state index in [2.05, 4.69) is 0 Å². The van der Waals surface area contributed by atoms with Crippen molar-refractivity contribution in [1.82, 2.24) is 0 Å². The third-order valence-corrected chi connectivity index (χ3v) is 5.44. The molecule has 1 aromatic heterocycles. The maximum absolute atomic E-state index is 13.0. The molecule has 2 atom stereocenters. The second-order valence-corrected chi connectivity index (χ2v) is 6.93. The van der Waals surface area contributed by atoms with E-state index in [1.165, 1.54) is 21.3 Å². The van der Waals surface area contributed by atoms with Gasteiger partial charge in [-0.05, 0) is 18.2 Å². The molecule has 0 saturated heterocycles. The van der Waals surface area contributed by atoms with E-state index in [0.717, 1.165) is 0 Å². The standard InChI is InChI=1S/C22H18O9/c1-25-13-8-11(17(26-2)20-18(13)28-9-29-20)14-15-16(31-19(14)22(24)27-3)10-6-4-5-7-12(10)30-21(15)23/h4-8,14,19H,9H2,1-3H3/t14-,19+/m1/s1. The number of para-hydroxylation sites is 1. The van der Waals surface area contributed by atoms with Crippen molar-refractivity contribution < 1.29 is 37.6 Å². The SMILES string of the molecule is COC(=O)[C@H]1Oc2c(c(=O)oc3ccccc23)[C@H]1c1cc(OC)c2c(c1OC)OCO2. The summed E-state index contributed by atoms with van der Waals surface area (Å²) < 4.78 is 38.6. The van der Waals surface area contributed by atoms with Crippen LogP contribution < -0.4 is 29.3 Å². The molecule has 31 heavy (non-hydrogen) atoms. The highest BCUT2D eigenvalue weighted by molar-refractivity contribution is 5.89. The van der Waals surface area contributed by atoms with Gasteiger partial charge in [0.2, 0.25) is 24.4 Å². The zero-order valence-corrected chi connectivity index (χ0v) is 16.9. The monoisotopic (exact) mass is 426 g/mol. The summed E-state index contributed by atoms with van der Waals surface area (Å²) in [6, 6.07) is 8.58. The Labute approximate surface area is 176 Å². The Balaban J connectivity index is 1.82. The summed E-state index contributed by atoms with van der Waals surface area (Å²) in [6.07, 6.45) is -1.15. The highest BCUT2D eigenvalue weighted by atomic mass is 16.7. The Morgan fingerprint density at radius 1 is 1.03 bits per heavy atom. The second kappa shape index (κ2) is 7.12. The van der Waals surface area contributed by atoms with E-state index >= 15 is 0 Å². The third-order valence-electron chi connectivity index (χ3n) is 5.44. The van der Waals surface area contributed by atoms with Gasteiger partial charge in [0.1, 0.15) is 11.3 Å². The minimum Gasteiger partial charge on any atom is -0.493 e. The molecule has 0 fully saturated rings. The van der Waals surface area contributed by atoms with Crippen molar-refractivity contribution >= 4 is 16.9 Å². The van der Waals surface area contributed by atoms with E-state index in [1.807, 2.05) is 0 Å². The molecule has 0 aliphatic carbocycles. The van der Waals surface area contributed by atoms with E-state index in [4.69, 9.17) is 32.8 Å². The fourth-order valence-electron chi connectivity index (χ4n) is 4.12. The minimum atomic E-state index is -1.15. The van der Waals surface area contributed by atoms with Crippen molar-refractivity contribution in [2.24, 2.45) is 0 Å².